The van der Waals surface area contributed by atoms with Gasteiger partial charge in [-0.05, 0) is 24.3 Å². The van der Waals surface area contributed by atoms with Crippen LogP contribution in [0.5, 0.6) is 5.75 Å². The summed E-state index contributed by atoms with van der Waals surface area (Å²) in [6.07, 6.45) is 1.53. The van der Waals surface area contributed by atoms with E-state index in [0.29, 0.717) is 10.8 Å². The van der Waals surface area contributed by atoms with Gasteiger partial charge in [0.2, 0.25) is 0 Å². The number of rotatable bonds is 2. The standard InChI is InChI=1S/C11H9N3O3S/c15-8-3-1-7(2-4-8)13-9(16)10(17)14-11-12-5-6-18-11/h1-6,15H,(H,13,16)(H,12,14,17). The van der Waals surface area contributed by atoms with Crippen molar-refractivity contribution in [2.75, 3.05) is 10.6 Å². The number of aromatic hydroxyl groups is 1. The van der Waals surface area contributed by atoms with E-state index < -0.39 is 11.8 Å². The number of phenols is 1. The molecule has 0 aliphatic heterocycles. The fourth-order valence-corrected chi connectivity index (χ4v) is 1.70. The molecule has 7 heteroatoms. The lowest BCUT2D eigenvalue weighted by molar-refractivity contribution is -0.132. The van der Waals surface area contributed by atoms with Crippen molar-refractivity contribution in [2.45, 2.75) is 0 Å². The maximum atomic E-state index is 11.5. The molecule has 1 aromatic carbocycles. The van der Waals surface area contributed by atoms with Crippen LogP contribution in [0, 0.1) is 0 Å². The van der Waals surface area contributed by atoms with Crippen LogP contribution in [0.25, 0.3) is 0 Å². The van der Waals surface area contributed by atoms with Crippen molar-refractivity contribution in [1.29, 1.82) is 0 Å². The van der Waals surface area contributed by atoms with E-state index in [1.165, 1.54) is 41.8 Å². The third kappa shape index (κ3) is 3.05. The Morgan fingerprint density at radius 3 is 2.39 bits per heavy atom. The molecule has 0 aliphatic rings. The van der Waals surface area contributed by atoms with Gasteiger partial charge in [-0.1, -0.05) is 0 Å². The number of hydrogen-bond donors (Lipinski definition) is 3. The van der Waals surface area contributed by atoms with E-state index in [-0.39, 0.29) is 5.75 Å². The normalized spacial score (nSPS) is 9.78. The Morgan fingerprint density at radius 1 is 1.11 bits per heavy atom. The summed E-state index contributed by atoms with van der Waals surface area (Å²) in [7, 11) is 0. The number of carbonyl (C=O) groups is 2. The van der Waals surface area contributed by atoms with E-state index in [1.807, 2.05) is 0 Å². The highest BCUT2D eigenvalue weighted by atomic mass is 32.1. The molecule has 0 radical (unpaired) electrons. The molecule has 2 aromatic rings. The second-order valence-corrected chi connectivity index (χ2v) is 4.19. The first-order valence-electron chi connectivity index (χ1n) is 4.96. The summed E-state index contributed by atoms with van der Waals surface area (Å²) in [4.78, 5) is 26.8. The average molecular weight is 263 g/mol. The summed E-state index contributed by atoms with van der Waals surface area (Å²) in [6.45, 7) is 0. The van der Waals surface area contributed by atoms with Gasteiger partial charge in [-0.3, -0.25) is 14.9 Å². The van der Waals surface area contributed by atoms with Crippen LogP contribution in [0.15, 0.2) is 35.8 Å². The number of anilines is 2. The zero-order chi connectivity index (χ0) is 13.0. The fourth-order valence-electron chi connectivity index (χ4n) is 1.17. The predicted octanol–water partition coefficient (Wildman–Crippen LogP) is 1.43. The Morgan fingerprint density at radius 2 is 1.78 bits per heavy atom. The van der Waals surface area contributed by atoms with Crippen molar-refractivity contribution >= 4 is 34.0 Å². The van der Waals surface area contributed by atoms with Crippen LogP contribution in [0.1, 0.15) is 0 Å². The lowest BCUT2D eigenvalue weighted by Crippen LogP contribution is -2.28. The number of thiazole rings is 1. The molecule has 92 valence electrons. The van der Waals surface area contributed by atoms with Crippen LogP contribution < -0.4 is 10.6 Å². The largest absolute Gasteiger partial charge is 0.508 e. The minimum absolute atomic E-state index is 0.0836. The van der Waals surface area contributed by atoms with Gasteiger partial charge in [0.15, 0.2) is 5.13 Å². The molecule has 0 bridgehead atoms. The van der Waals surface area contributed by atoms with Crippen LogP contribution in [0.4, 0.5) is 10.8 Å². The first-order chi connectivity index (χ1) is 8.65. The second-order valence-electron chi connectivity index (χ2n) is 3.29. The van der Waals surface area contributed by atoms with E-state index >= 15 is 0 Å². The van der Waals surface area contributed by atoms with Gasteiger partial charge in [-0.25, -0.2) is 4.98 Å². The number of nitrogens with one attached hydrogen (secondary N) is 2. The second kappa shape index (κ2) is 5.28. The molecule has 3 N–H and O–H groups in total. The van der Waals surface area contributed by atoms with Gasteiger partial charge in [-0.2, -0.15) is 0 Å². The number of nitrogens with zero attached hydrogens (tertiary/aromatic N) is 1. The summed E-state index contributed by atoms with van der Waals surface area (Å²) in [5.41, 5.74) is 0.423. The van der Waals surface area contributed by atoms with Gasteiger partial charge in [0, 0.05) is 17.3 Å². The Balaban J connectivity index is 1.95. The number of phenolic OH excluding ortho intramolecular Hbond substituents is 1. The molecule has 0 unspecified atom stereocenters. The fraction of sp³-hybridized carbons (Fsp3) is 0. The number of benzene rings is 1. The molecule has 0 aliphatic carbocycles. The highest BCUT2D eigenvalue weighted by molar-refractivity contribution is 7.13. The zero-order valence-electron chi connectivity index (χ0n) is 9.08. The summed E-state index contributed by atoms with van der Waals surface area (Å²) < 4.78 is 0. The third-order valence-electron chi connectivity index (χ3n) is 1.98. The van der Waals surface area contributed by atoms with Gasteiger partial charge in [-0.15, -0.1) is 11.3 Å². The van der Waals surface area contributed by atoms with Gasteiger partial charge in [0.25, 0.3) is 0 Å². The van der Waals surface area contributed by atoms with E-state index in [4.69, 9.17) is 5.11 Å². The molecule has 1 heterocycles. The van der Waals surface area contributed by atoms with Crippen LogP contribution >= 0.6 is 11.3 Å². The molecular weight excluding hydrogens is 254 g/mol. The van der Waals surface area contributed by atoms with Crippen molar-refractivity contribution in [1.82, 2.24) is 4.98 Å². The number of hydrogen-bond acceptors (Lipinski definition) is 5. The van der Waals surface area contributed by atoms with Crippen LogP contribution in [0.2, 0.25) is 0 Å². The van der Waals surface area contributed by atoms with Crippen LogP contribution in [0.3, 0.4) is 0 Å². The van der Waals surface area contributed by atoms with Gasteiger partial charge in [0.1, 0.15) is 5.75 Å². The summed E-state index contributed by atoms with van der Waals surface area (Å²) >= 11 is 1.22. The lowest BCUT2D eigenvalue weighted by atomic mass is 10.3. The lowest BCUT2D eigenvalue weighted by Gasteiger charge is -2.04. The highest BCUT2D eigenvalue weighted by Crippen LogP contribution is 2.14. The van der Waals surface area contributed by atoms with Crippen molar-refractivity contribution in [3.63, 3.8) is 0 Å². The quantitative estimate of drug-likeness (QED) is 0.564. The summed E-state index contributed by atoms with van der Waals surface area (Å²) in [6, 6.07) is 5.80. The Labute approximate surface area is 106 Å². The monoisotopic (exact) mass is 263 g/mol. The van der Waals surface area contributed by atoms with Crippen molar-refractivity contribution < 1.29 is 14.7 Å². The smallest absolute Gasteiger partial charge is 0.315 e. The molecule has 6 nitrogen and oxygen atoms in total. The first-order valence-corrected chi connectivity index (χ1v) is 5.84. The highest BCUT2D eigenvalue weighted by Gasteiger charge is 2.14. The molecule has 0 saturated heterocycles. The van der Waals surface area contributed by atoms with Crippen LogP contribution in [-0.4, -0.2) is 21.9 Å². The molecule has 2 rings (SSSR count). The molecule has 0 saturated carbocycles. The van der Waals surface area contributed by atoms with E-state index in [0.717, 1.165) is 0 Å². The van der Waals surface area contributed by atoms with Crippen LogP contribution in [-0.2, 0) is 9.59 Å². The summed E-state index contributed by atoms with van der Waals surface area (Å²) in [5, 5.41) is 15.9. The number of carbonyl (C=O) groups excluding carboxylic acids is 2. The molecule has 1 aromatic heterocycles. The van der Waals surface area contributed by atoms with Gasteiger partial charge >= 0.3 is 11.8 Å². The average Bonchev–Trinajstić information content (AvgIpc) is 2.85. The van der Waals surface area contributed by atoms with E-state index in [1.54, 1.807) is 5.38 Å². The molecule has 2 amide bonds. The van der Waals surface area contributed by atoms with E-state index in [2.05, 4.69) is 15.6 Å². The first kappa shape index (κ1) is 12.1. The predicted molar refractivity (Wildman–Crippen MR) is 67.5 cm³/mol. The molecule has 18 heavy (non-hydrogen) atoms. The minimum Gasteiger partial charge on any atom is -0.508 e. The van der Waals surface area contributed by atoms with Crippen molar-refractivity contribution in [3.8, 4) is 5.75 Å². The van der Waals surface area contributed by atoms with Crippen molar-refractivity contribution in [2.24, 2.45) is 0 Å². The Kier molecular flexibility index (Phi) is 3.54. The van der Waals surface area contributed by atoms with Gasteiger partial charge < -0.3 is 10.4 Å². The molecular formula is C11H9N3O3S. The molecule has 0 fully saturated rings. The molecule has 0 atom stereocenters. The maximum absolute atomic E-state index is 11.5. The zero-order valence-corrected chi connectivity index (χ0v) is 9.90. The number of amides is 2. The summed E-state index contributed by atoms with van der Waals surface area (Å²) in [5.74, 6) is -1.51. The van der Waals surface area contributed by atoms with Crippen molar-refractivity contribution in [3.05, 3.63) is 35.8 Å². The Hall–Kier alpha value is -2.41. The SMILES string of the molecule is O=C(Nc1ccc(O)cc1)C(=O)Nc1nccs1. The Bertz CT molecular complexity index is 551. The number of aromatic nitrogens is 1. The third-order valence-corrected chi connectivity index (χ3v) is 2.67. The molecule has 0 spiro atoms. The topological polar surface area (TPSA) is 91.3 Å². The maximum Gasteiger partial charge on any atom is 0.315 e. The van der Waals surface area contributed by atoms with E-state index in [9.17, 15) is 9.59 Å². The minimum atomic E-state index is -0.795. The van der Waals surface area contributed by atoms with Gasteiger partial charge in [0.05, 0.1) is 0 Å².